The van der Waals surface area contributed by atoms with Crippen LogP contribution in [0.2, 0.25) is 5.82 Å². The van der Waals surface area contributed by atoms with Gasteiger partial charge in [0.05, 0.1) is 18.8 Å². The van der Waals surface area contributed by atoms with Crippen LogP contribution in [-0.4, -0.2) is 64.4 Å². The molecular weight excluding hydrogens is 447 g/mol. The first-order valence-corrected chi connectivity index (χ1v) is 12.2. The largest absolute Gasteiger partial charge is 0.652 e. The molecule has 2 aromatic rings. The Morgan fingerprint density at radius 2 is 2.00 bits per heavy atom. The van der Waals surface area contributed by atoms with E-state index in [4.69, 9.17) is 9.31 Å². The molecule has 1 unspecified atom stereocenters. The van der Waals surface area contributed by atoms with Crippen LogP contribution in [0.15, 0.2) is 48.9 Å². The molecule has 186 valence electrons. The van der Waals surface area contributed by atoms with Gasteiger partial charge in [0.25, 0.3) is 11.9 Å². The number of fused-ring (bicyclic) bond motifs is 1. The van der Waals surface area contributed by atoms with Crippen molar-refractivity contribution in [2.45, 2.75) is 57.9 Å². The summed E-state index contributed by atoms with van der Waals surface area (Å²) < 4.78 is 12.0. The normalized spacial score (nSPS) is 23.5. The van der Waals surface area contributed by atoms with Crippen LogP contribution in [0.1, 0.15) is 49.7 Å². The van der Waals surface area contributed by atoms with Crippen molar-refractivity contribution in [3.8, 4) is 0 Å². The zero-order valence-electron chi connectivity index (χ0n) is 20.4. The van der Waals surface area contributed by atoms with E-state index in [0.717, 1.165) is 5.56 Å². The van der Waals surface area contributed by atoms with E-state index in [2.05, 4.69) is 29.1 Å². The topological polar surface area (TPSA) is 111 Å². The van der Waals surface area contributed by atoms with Gasteiger partial charge in [-0.05, 0) is 30.4 Å². The Morgan fingerprint density at radius 3 is 2.69 bits per heavy atom. The number of benzene rings is 1. The van der Waals surface area contributed by atoms with Gasteiger partial charge >= 0.3 is 6.69 Å². The Balaban J connectivity index is 1.58. The van der Waals surface area contributed by atoms with Gasteiger partial charge in [0.1, 0.15) is 5.69 Å². The van der Waals surface area contributed by atoms with Crippen molar-refractivity contribution >= 4 is 24.3 Å². The van der Waals surface area contributed by atoms with Gasteiger partial charge in [-0.1, -0.05) is 63.3 Å². The molecule has 0 saturated carbocycles. The average Bonchev–Trinajstić information content (AvgIpc) is 3.34. The lowest BCUT2D eigenvalue weighted by atomic mass is 9.53. The summed E-state index contributed by atoms with van der Waals surface area (Å²) in [5, 5.41) is 2.86. The second-order valence-corrected chi connectivity index (χ2v) is 9.94. The van der Waals surface area contributed by atoms with Crippen molar-refractivity contribution in [2.24, 2.45) is 5.92 Å². The first-order valence-electron chi connectivity index (χ1n) is 12.2. The van der Waals surface area contributed by atoms with Crippen molar-refractivity contribution in [1.82, 2.24) is 20.1 Å². The highest BCUT2D eigenvalue weighted by Crippen LogP contribution is 2.43. The molecule has 2 fully saturated rings. The Hall–Kier alpha value is -3.11. The number of carbonyl (C=O) groups excluding carboxylic acids is 3. The highest BCUT2D eigenvalue weighted by molar-refractivity contribution is 6.70. The Labute approximate surface area is 205 Å². The number of ketones is 1. The van der Waals surface area contributed by atoms with Crippen LogP contribution in [-0.2, 0) is 25.3 Å². The Morgan fingerprint density at radius 1 is 1.23 bits per heavy atom. The van der Waals surface area contributed by atoms with E-state index in [0.29, 0.717) is 19.4 Å². The second kappa shape index (κ2) is 10.7. The molecule has 4 rings (SSSR count). The SMILES string of the molecule is CC(C)C[C@H](CC(=O)[C@H](Cc1ccccc1)NC(=O)c1cnccn1)[B-]12OC[C@H](C)N1CC(=O)O2. The third-order valence-electron chi connectivity index (χ3n) is 6.82. The van der Waals surface area contributed by atoms with Crippen molar-refractivity contribution in [2.75, 3.05) is 13.2 Å². The van der Waals surface area contributed by atoms with Gasteiger partial charge in [-0.15, -0.1) is 0 Å². The maximum Gasteiger partial charge on any atom is 0.378 e. The molecule has 1 amide bonds. The fourth-order valence-electron chi connectivity index (χ4n) is 5.24. The van der Waals surface area contributed by atoms with Crippen LogP contribution in [0.25, 0.3) is 0 Å². The summed E-state index contributed by atoms with van der Waals surface area (Å²) in [5.41, 5.74) is 1.07. The molecule has 0 aliphatic carbocycles. The van der Waals surface area contributed by atoms with Gasteiger partial charge in [-0.25, -0.2) is 4.98 Å². The summed E-state index contributed by atoms with van der Waals surface area (Å²) in [6.07, 6.45) is 5.39. The van der Waals surface area contributed by atoms with Gasteiger partial charge in [0, 0.05) is 19.0 Å². The van der Waals surface area contributed by atoms with E-state index in [1.807, 2.05) is 42.1 Å². The summed E-state index contributed by atoms with van der Waals surface area (Å²) in [7, 11) is 0. The summed E-state index contributed by atoms with van der Waals surface area (Å²) in [6, 6.07) is 8.79. The fraction of sp³-hybridized carbons (Fsp3) is 0.480. The van der Waals surface area contributed by atoms with Crippen LogP contribution in [0.4, 0.5) is 0 Å². The number of nitrogens with one attached hydrogen (secondary N) is 1. The molecule has 9 nitrogen and oxygen atoms in total. The van der Waals surface area contributed by atoms with Crippen LogP contribution in [0.3, 0.4) is 0 Å². The first-order chi connectivity index (χ1) is 16.8. The minimum Gasteiger partial charge on any atom is -0.652 e. The van der Waals surface area contributed by atoms with Gasteiger partial charge in [-0.2, -0.15) is 0 Å². The van der Waals surface area contributed by atoms with Crippen LogP contribution in [0.5, 0.6) is 0 Å². The molecule has 0 bridgehead atoms. The number of rotatable bonds is 10. The minimum atomic E-state index is -2.08. The van der Waals surface area contributed by atoms with E-state index >= 15 is 0 Å². The summed E-state index contributed by atoms with van der Waals surface area (Å²) in [5.74, 6) is -0.984. The number of Topliss-reactive ketones (excluding diaryl/α,β-unsaturated/α-hetero) is 1. The summed E-state index contributed by atoms with van der Waals surface area (Å²) in [6.45, 7) is 4.68. The number of hydrogen-bond acceptors (Lipinski definition) is 8. The van der Waals surface area contributed by atoms with Crippen molar-refractivity contribution in [1.29, 1.82) is 0 Å². The molecule has 3 heterocycles. The zero-order chi connectivity index (χ0) is 25.0. The van der Waals surface area contributed by atoms with Crippen molar-refractivity contribution in [3.05, 3.63) is 60.2 Å². The summed E-state index contributed by atoms with van der Waals surface area (Å²) >= 11 is 0. The van der Waals surface area contributed by atoms with E-state index < -0.39 is 18.6 Å². The molecule has 0 radical (unpaired) electrons. The molecule has 4 atom stereocenters. The third-order valence-corrected chi connectivity index (χ3v) is 6.82. The third kappa shape index (κ3) is 5.60. The lowest BCUT2D eigenvalue weighted by Gasteiger charge is -2.44. The first kappa shape index (κ1) is 25.0. The standard InChI is InChI=1S/C25H32BN4O5/c1-17(2)11-20(26-30(15-24(32)35-26)18(3)16-34-26)13-23(31)21(12-19-7-5-4-6-8-19)29-25(33)22-14-27-9-10-28-22/h4-10,14,17-18,20-21H,11-13,15-16H2,1-3H3,(H,29,33)/q-1/t18-,20+,21-,26?/m0/s1. The van der Waals surface area contributed by atoms with Crippen LogP contribution < -0.4 is 5.32 Å². The van der Waals surface area contributed by atoms with Gasteiger partial charge in [0.2, 0.25) is 0 Å². The Kier molecular flexibility index (Phi) is 7.61. The molecule has 0 spiro atoms. The number of carbonyl (C=O) groups is 3. The molecule has 2 aliphatic heterocycles. The quantitative estimate of drug-likeness (QED) is 0.518. The molecule has 2 aliphatic rings. The number of aromatic nitrogens is 2. The molecular formula is C25H32BN4O5-. The van der Waals surface area contributed by atoms with E-state index in [1.54, 1.807) is 0 Å². The molecule has 1 N–H and O–H groups in total. The summed E-state index contributed by atoms with van der Waals surface area (Å²) in [4.78, 5) is 48.9. The monoisotopic (exact) mass is 479 g/mol. The molecule has 35 heavy (non-hydrogen) atoms. The van der Waals surface area contributed by atoms with Crippen LogP contribution in [0, 0.1) is 5.92 Å². The highest BCUT2D eigenvalue weighted by atomic mass is 16.7. The van der Waals surface area contributed by atoms with E-state index in [9.17, 15) is 14.4 Å². The average molecular weight is 479 g/mol. The maximum absolute atomic E-state index is 13.8. The number of amides is 1. The lowest BCUT2D eigenvalue weighted by molar-refractivity contribution is -0.133. The highest BCUT2D eigenvalue weighted by Gasteiger charge is 2.55. The van der Waals surface area contributed by atoms with Gasteiger partial charge in [0.15, 0.2) is 5.78 Å². The van der Waals surface area contributed by atoms with Gasteiger partial charge < -0.3 is 19.4 Å². The van der Waals surface area contributed by atoms with Gasteiger partial charge in [-0.3, -0.25) is 19.4 Å². The van der Waals surface area contributed by atoms with Crippen LogP contribution >= 0.6 is 0 Å². The van der Waals surface area contributed by atoms with E-state index in [-0.39, 0.29) is 48.2 Å². The maximum atomic E-state index is 13.8. The fourth-order valence-corrected chi connectivity index (χ4v) is 5.24. The molecule has 10 heteroatoms. The predicted octanol–water partition coefficient (Wildman–Crippen LogP) is 2.41. The number of hydrogen-bond donors (Lipinski definition) is 1. The predicted molar refractivity (Wildman–Crippen MR) is 130 cm³/mol. The zero-order valence-corrected chi connectivity index (χ0v) is 20.4. The van der Waals surface area contributed by atoms with E-state index in [1.165, 1.54) is 18.6 Å². The lowest BCUT2D eigenvalue weighted by Crippen LogP contribution is -2.54. The minimum absolute atomic E-state index is 0.0303. The Bertz CT molecular complexity index is 1050. The second-order valence-electron chi connectivity index (χ2n) is 9.94. The molecule has 1 aromatic carbocycles. The molecule has 2 saturated heterocycles. The van der Waals surface area contributed by atoms with Crippen molar-refractivity contribution in [3.63, 3.8) is 0 Å². The van der Waals surface area contributed by atoms with Crippen molar-refractivity contribution < 1.29 is 23.7 Å². The molecule has 1 aromatic heterocycles. The number of nitrogens with zero attached hydrogens (tertiary/aromatic N) is 3. The smallest absolute Gasteiger partial charge is 0.378 e.